The van der Waals surface area contributed by atoms with E-state index in [1.807, 2.05) is 34.0 Å². The first-order valence-corrected chi connectivity index (χ1v) is 11.3. The number of nitrogens with one attached hydrogen (secondary N) is 2. The summed E-state index contributed by atoms with van der Waals surface area (Å²) >= 11 is 0. The van der Waals surface area contributed by atoms with Gasteiger partial charge in [-0.1, -0.05) is 32.0 Å². The summed E-state index contributed by atoms with van der Waals surface area (Å²) in [4.78, 5) is 40.1. The highest BCUT2D eigenvalue weighted by atomic mass is 16.6. The Labute approximate surface area is 210 Å². The molecule has 4 aromatic heterocycles. The molecule has 0 saturated heterocycles. The number of rotatable bonds is 6. The first kappa shape index (κ1) is 23.8. The summed E-state index contributed by atoms with van der Waals surface area (Å²) in [6, 6.07) is 6.58. The van der Waals surface area contributed by atoms with Gasteiger partial charge >= 0.3 is 11.8 Å². The number of carbonyl (C=O) groups excluding carboxylic acids is 1. The number of H-pyrrole nitrogens is 1. The van der Waals surface area contributed by atoms with E-state index in [0.717, 1.165) is 5.56 Å². The van der Waals surface area contributed by atoms with Gasteiger partial charge in [-0.15, -0.1) is 0 Å². The Morgan fingerprint density at radius 2 is 2.03 bits per heavy atom. The molecule has 0 spiro atoms. The van der Waals surface area contributed by atoms with Gasteiger partial charge in [0.05, 0.1) is 28.7 Å². The third-order valence-corrected chi connectivity index (χ3v) is 5.69. The lowest BCUT2D eigenvalue weighted by atomic mass is 9.96. The number of pyridine rings is 1. The molecule has 13 heteroatoms. The van der Waals surface area contributed by atoms with E-state index in [1.54, 1.807) is 35.3 Å². The van der Waals surface area contributed by atoms with Gasteiger partial charge in [-0.2, -0.15) is 10.1 Å². The quantitative estimate of drug-likeness (QED) is 0.261. The van der Waals surface area contributed by atoms with Crippen molar-refractivity contribution < 1.29 is 14.2 Å². The van der Waals surface area contributed by atoms with Gasteiger partial charge in [0, 0.05) is 42.0 Å². The molecule has 0 saturated carbocycles. The van der Waals surface area contributed by atoms with E-state index in [0.29, 0.717) is 39.5 Å². The van der Waals surface area contributed by atoms with Crippen molar-refractivity contribution in [3.05, 3.63) is 70.2 Å². The summed E-state index contributed by atoms with van der Waals surface area (Å²) in [5.41, 5.74) is 3.00. The molecule has 1 amide bonds. The van der Waals surface area contributed by atoms with Gasteiger partial charge in [0.1, 0.15) is 5.82 Å². The molecule has 37 heavy (non-hydrogen) atoms. The highest BCUT2D eigenvalue weighted by molar-refractivity contribution is 5.92. The zero-order valence-corrected chi connectivity index (χ0v) is 20.5. The van der Waals surface area contributed by atoms with Crippen molar-refractivity contribution in [2.45, 2.75) is 32.7 Å². The smallest absolute Gasteiger partial charge is 0.315 e. The number of hydrogen-bond donors (Lipinski definition) is 2. The molecular formula is C24H23N9O4. The van der Waals surface area contributed by atoms with Crippen LogP contribution >= 0.6 is 0 Å². The number of imidazole rings is 1. The zero-order chi connectivity index (χ0) is 26.3. The van der Waals surface area contributed by atoms with Gasteiger partial charge < -0.3 is 14.8 Å². The Morgan fingerprint density at radius 1 is 1.22 bits per heavy atom. The maximum absolute atomic E-state index is 12.5. The molecule has 13 nitrogen and oxygen atoms in total. The van der Waals surface area contributed by atoms with Gasteiger partial charge in [0.15, 0.2) is 11.5 Å². The number of carbonyl (C=O) groups is 1. The van der Waals surface area contributed by atoms with Crippen LogP contribution in [0, 0.1) is 10.1 Å². The Morgan fingerprint density at radius 3 is 2.70 bits per heavy atom. The molecule has 2 N–H and O–H groups in total. The van der Waals surface area contributed by atoms with Crippen molar-refractivity contribution in [2.75, 3.05) is 0 Å². The second-order valence-electron chi connectivity index (χ2n) is 9.50. The van der Waals surface area contributed by atoms with E-state index >= 15 is 0 Å². The largest absolute Gasteiger partial charge is 0.343 e. The molecule has 0 fully saturated rings. The molecule has 4 heterocycles. The van der Waals surface area contributed by atoms with E-state index < -0.39 is 10.8 Å². The lowest BCUT2D eigenvalue weighted by Crippen LogP contribution is -2.24. The maximum Gasteiger partial charge on any atom is 0.315 e. The number of benzene rings is 1. The van der Waals surface area contributed by atoms with Crippen molar-refractivity contribution >= 4 is 22.8 Å². The number of aromatic nitrogens is 7. The monoisotopic (exact) mass is 501 g/mol. The summed E-state index contributed by atoms with van der Waals surface area (Å²) in [5.74, 6) is 0.166. The minimum Gasteiger partial charge on any atom is -0.343 e. The summed E-state index contributed by atoms with van der Waals surface area (Å²) < 4.78 is 6.71. The normalized spacial score (nSPS) is 11.7. The number of aryl methyl sites for hydroxylation is 1. The fourth-order valence-corrected chi connectivity index (χ4v) is 3.75. The minimum atomic E-state index is -0.613. The second kappa shape index (κ2) is 8.93. The van der Waals surface area contributed by atoms with Crippen LogP contribution in [-0.2, 0) is 19.0 Å². The molecule has 0 atom stereocenters. The van der Waals surface area contributed by atoms with E-state index in [2.05, 4.69) is 35.5 Å². The molecule has 0 aliphatic carbocycles. The Kier molecular flexibility index (Phi) is 5.74. The number of hydrogen-bond acceptors (Lipinski definition) is 9. The van der Waals surface area contributed by atoms with Crippen molar-refractivity contribution in [1.29, 1.82) is 0 Å². The number of nitro groups is 1. The van der Waals surface area contributed by atoms with E-state index in [1.165, 1.54) is 6.07 Å². The Balaban J connectivity index is 1.42. The van der Waals surface area contributed by atoms with Crippen molar-refractivity contribution in [2.24, 2.45) is 7.05 Å². The molecule has 1 aromatic carbocycles. The number of fused-ring (bicyclic) bond motifs is 1. The number of aromatic amines is 1. The standard InChI is InChI=1S/C24H23N9O4/c1-24(2,3)23-30-22(37-31-23)21(34)26-10-14-6-5-13(9-17(14)33(35)36)16-7-8-25-20-18(16)28-19(29-20)15-11-27-32(4)12-15/h5-9,11-12H,10H2,1-4H3,(H,26,34)(H,25,28,29). The van der Waals surface area contributed by atoms with Crippen molar-refractivity contribution in [3.8, 4) is 22.5 Å². The maximum atomic E-state index is 12.5. The van der Waals surface area contributed by atoms with Gasteiger partial charge in [0.2, 0.25) is 0 Å². The number of nitro benzene ring substituents is 1. The number of amides is 1. The van der Waals surface area contributed by atoms with Gasteiger partial charge in [-0.3, -0.25) is 19.6 Å². The van der Waals surface area contributed by atoms with Gasteiger partial charge in [0.25, 0.3) is 5.69 Å². The average Bonchev–Trinajstić information content (AvgIpc) is 3.60. The summed E-state index contributed by atoms with van der Waals surface area (Å²) in [6.07, 6.45) is 5.11. The molecule has 5 aromatic rings. The van der Waals surface area contributed by atoms with Gasteiger partial charge in [-0.05, 0) is 17.7 Å². The lowest BCUT2D eigenvalue weighted by Gasteiger charge is -2.10. The highest BCUT2D eigenvalue weighted by Crippen LogP contribution is 2.32. The van der Waals surface area contributed by atoms with Crippen LogP contribution in [0.2, 0.25) is 0 Å². The Hall–Kier alpha value is -4.94. The summed E-state index contributed by atoms with van der Waals surface area (Å²) in [5, 5.41) is 22.5. The van der Waals surface area contributed by atoms with E-state index in [4.69, 9.17) is 4.52 Å². The molecule has 0 unspecified atom stereocenters. The third-order valence-electron chi connectivity index (χ3n) is 5.69. The number of nitrogens with zero attached hydrogens (tertiary/aromatic N) is 7. The first-order chi connectivity index (χ1) is 17.6. The van der Waals surface area contributed by atoms with Crippen molar-refractivity contribution in [1.82, 2.24) is 40.2 Å². The van der Waals surface area contributed by atoms with Gasteiger partial charge in [-0.25, -0.2) is 9.97 Å². The van der Waals surface area contributed by atoms with Crippen LogP contribution in [0.1, 0.15) is 42.8 Å². The van der Waals surface area contributed by atoms with Crippen LogP contribution in [0.4, 0.5) is 5.69 Å². The van der Waals surface area contributed by atoms with Crippen LogP contribution in [-0.4, -0.2) is 45.7 Å². The fraction of sp³-hybridized carbons (Fsp3) is 0.250. The SMILES string of the molecule is Cn1cc(-c2nc3nccc(-c4ccc(CNC(=O)c5nc(C(C)(C)C)no5)c([N+](=O)[O-])c4)c3[nH]2)cn1. The van der Waals surface area contributed by atoms with E-state index in [9.17, 15) is 14.9 Å². The van der Waals surface area contributed by atoms with Crippen LogP contribution in [0.25, 0.3) is 33.7 Å². The predicted octanol–water partition coefficient (Wildman–Crippen LogP) is 3.54. The minimum absolute atomic E-state index is 0.0936. The summed E-state index contributed by atoms with van der Waals surface area (Å²) in [6.45, 7) is 5.58. The Bertz CT molecular complexity index is 1640. The molecule has 0 aliphatic rings. The predicted molar refractivity (Wildman–Crippen MR) is 132 cm³/mol. The molecule has 0 aliphatic heterocycles. The highest BCUT2D eigenvalue weighted by Gasteiger charge is 2.24. The fourth-order valence-electron chi connectivity index (χ4n) is 3.75. The molecule has 188 valence electrons. The summed E-state index contributed by atoms with van der Waals surface area (Å²) in [7, 11) is 1.81. The van der Waals surface area contributed by atoms with Crippen molar-refractivity contribution in [3.63, 3.8) is 0 Å². The van der Waals surface area contributed by atoms with Crippen LogP contribution in [0.3, 0.4) is 0 Å². The lowest BCUT2D eigenvalue weighted by molar-refractivity contribution is -0.385. The van der Waals surface area contributed by atoms with Crippen LogP contribution in [0.15, 0.2) is 47.4 Å². The van der Waals surface area contributed by atoms with E-state index in [-0.39, 0.29) is 23.5 Å². The second-order valence-corrected chi connectivity index (χ2v) is 9.50. The van der Waals surface area contributed by atoms with Crippen LogP contribution in [0.5, 0.6) is 0 Å². The molecular weight excluding hydrogens is 478 g/mol. The van der Waals surface area contributed by atoms with Crippen LogP contribution < -0.4 is 5.32 Å². The first-order valence-electron chi connectivity index (χ1n) is 11.3. The molecule has 5 rings (SSSR count). The third kappa shape index (κ3) is 4.66. The average molecular weight is 502 g/mol. The molecule has 0 bridgehead atoms. The molecule has 0 radical (unpaired) electrons. The topological polar surface area (TPSA) is 171 Å². The zero-order valence-electron chi connectivity index (χ0n) is 20.5.